The normalized spacial score (nSPS) is 10.4. The van der Waals surface area contributed by atoms with Crippen molar-refractivity contribution >= 4 is 11.6 Å². The van der Waals surface area contributed by atoms with E-state index in [9.17, 15) is 0 Å². The Morgan fingerprint density at radius 2 is 1.59 bits per heavy atom. The summed E-state index contributed by atoms with van der Waals surface area (Å²) in [5, 5.41) is 9.04. The lowest BCUT2D eigenvalue weighted by Gasteiger charge is -2.06. The molecule has 0 aliphatic carbocycles. The monoisotopic (exact) mass is 310 g/mol. The summed E-state index contributed by atoms with van der Waals surface area (Å²) in [5.74, 6) is 0.536. The van der Waals surface area contributed by atoms with Crippen molar-refractivity contribution in [3.05, 3.63) is 77.3 Å². The zero-order chi connectivity index (χ0) is 15.2. The van der Waals surface area contributed by atoms with E-state index in [1.54, 1.807) is 0 Å². The Bertz CT molecular complexity index is 712. The minimum atomic E-state index is 0.536. The molecule has 0 aliphatic rings. The van der Waals surface area contributed by atoms with Gasteiger partial charge >= 0.3 is 0 Å². The Hall–Kier alpha value is -2.39. The number of hydrogen-bond acceptors (Lipinski definition) is 3. The van der Waals surface area contributed by atoms with Gasteiger partial charge in [-0.15, -0.1) is 10.2 Å². The van der Waals surface area contributed by atoms with Gasteiger partial charge in [-0.05, 0) is 23.8 Å². The number of ether oxygens (including phenoxy) is 1. The highest BCUT2D eigenvalue weighted by Crippen LogP contribution is 2.17. The van der Waals surface area contributed by atoms with Gasteiger partial charge in [0.1, 0.15) is 0 Å². The van der Waals surface area contributed by atoms with E-state index in [4.69, 9.17) is 16.3 Å². The molecule has 1 heterocycles. The van der Waals surface area contributed by atoms with Crippen LogP contribution in [0.5, 0.6) is 5.88 Å². The zero-order valence-electron chi connectivity index (χ0n) is 11.9. The summed E-state index contributed by atoms with van der Waals surface area (Å²) in [6, 6.07) is 21.5. The molecule has 22 heavy (non-hydrogen) atoms. The molecule has 4 heteroatoms. The van der Waals surface area contributed by atoms with Crippen molar-refractivity contribution in [1.29, 1.82) is 0 Å². The molecule has 3 aromatic rings. The first-order valence-electron chi connectivity index (χ1n) is 7.08. The third kappa shape index (κ3) is 3.83. The van der Waals surface area contributed by atoms with Crippen molar-refractivity contribution in [3.8, 4) is 17.1 Å². The lowest BCUT2D eigenvalue weighted by molar-refractivity contribution is 0.306. The minimum Gasteiger partial charge on any atom is -0.476 e. The van der Waals surface area contributed by atoms with Gasteiger partial charge in [-0.3, -0.25) is 0 Å². The van der Waals surface area contributed by atoms with Crippen LogP contribution in [0.15, 0.2) is 66.7 Å². The maximum Gasteiger partial charge on any atom is 0.233 e. The van der Waals surface area contributed by atoms with Crippen molar-refractivity contribution in [2.75, 3.05) is 6.61 Å². The summed E-state index contributed by atoms with van der Waals surface area (Å²) >= 11 is 5.86. The van der Waals surface area contributed by atoms with Crippen LogP contribution in [0, 0.1) is 0 Å². The average molecular weight is 311 g/mol. The van der Waals surface area contributed by atoms with E-state index in [0.717, 1.165) is 22.7 Å². The lowest BCUT2D eigenvalue weighted by Crippen LogP contribution is -2.03. The van der Waals surface area contributed by atoms with Gasteiger partial charge in [0.15, 0.2) is 0 Å². The average Bonchev–Trinajstić information content (AvgIpc) is 2.58. The highest BCUT2D eigenvalue weighted by atomic mass is 35.5. The molecule has 0 radical (unpaired) electrons. The molecular formula is C18H15ClN2O. The maximum absolute atomic E-state index is 5.86. The molecule has 3 rings (SSSR count). The van der Waals surface area contributed by atoms with Crippen LogP contribution in [-0.4, -0.2) is 16.8 Å². The summed E-state index contributed by atoms with van der Waals surface area (Å²) in [6.45, 7) is 0.557. The van der Waals surface area contributed by atoms with Gasteiger partial charge in [0.25, 0.3) is 0 Å². The van der Waals surface area contributed by atoms with Crippen molar-refractivity contribution in [3.63, 3.8) is 0 Å². The van der Waals surface area contributed by atoms with Gasteiger partial charge < -0.3 is 4.74 Å². The first-order chi connectivity index (χ1) is 10.8. The molecule has 0 amide bonds. The van der Waals surface area contributed by atoms with Gasteiger partial charge in [0, 0.05) is 23.1 Å². The fraction of sp³-hybridized carbons (Fsp3) is 0.111. The number of benzene rings is 2. The number of hydrogen-bond donors (Lipinski definition) is 0. The van der Waals surface area contributed by atoms with Crippen LogP contribution in [0.2, 0.25) is 5.02 Å². The smallest absolute Gasteiger partial charge is 0.233 e. The van der Waals surface area contributed by atoms with Crippen molar-refractivity contribution in [2.24, 2.45) is 0 Å². The summed E-state index contributed by atoms with van der Waals surface area (Å²) in [6.07, 6.45) is 0.805. The molecule has 0 N–H and O–H groups in total. The van der Waals surface area contributed by atoms with E-state index >= 15 is 0 Å². The van der Waals surface area contributed by atoms with Gasteiger partial charge in [0.05, 0.1) is 12.3 Å². The maximum atomic E-state index is 5.86. The zero-order valence-corrected chi connectivity index (χ0v) is 12.7. The highest BCUT2D eigenvalue weighted by Gasteiger charge is 2.01. The topological polar surface area (TPSA) is 35.0 Å². The van der Waals surface area contributed by atoms with E-state index in [0.29, 0.717) is 12.5 Å². The van der Waals surface area contributed by atoms with Crippen molar-refractivity contribution in [2.45, 2.75) is 6.42 Å². The van der Waals surface area contributed by atoms with E-state index in [1.165, 1.54) is 5.56 Å². The number of rotatable bonds is 5. The largest absolute Gasteiger partial charge is 0.476 e. The second-order valence-electron chi connectivity index (χ2n) is 4.85. The molecule has 2 aromatic carbocycles. The van der Waals surface area contributed by atoms with E-state index in [1.807, 2.05) is 66.7 Å². The van der Waals surface area contributed by atoms with Crippen LogP contribution >= 0.6 is 11.6 Å². The molecule has 0 unspecified atom stereocenters. The van der Waals surface area contributed by atoms with Crippen LogP contribution < -0.4 is 4.74 Å². The van der Waals surface area contributed by atoms with Gasteiger partial charge in [-0.2, -0.15) is 0 Å². The SMILES string of the molecule is Clc1ccc(CCOc2ccc(-c3ccccc3)nn2)cc1. The summed E-state index contributed by atoms with van der Waals surface area (Å²) < 4.78 is 5.62. The molecule has 0 aliphatic heterocycles. The van der Waals surface area contributed by atoms with Gasteiger partial charge in [-0.1, -0.05) is 54.1 Å². The van der Waals surface area contributed by atoms with Gasteiger partial charge in [-0.25, -0.2) is 0 Å². The molecule has 110 valence electrons. The standard InChI is InChI=1S/C18H15ClN2O/c19-16-8-6-14(7-9-16)12-13-22-18-11-10-17(20-21-18)15-4-2-1-3-5-15/h1-11H,12-13H2. The Kier molecular flexibility index (Phi) is 4.66. The molecule has 0 spiro atoms. The number of halogens is 1. The number of aromatic nitrogens is 2. The van der Waals surface area contributed by atoms with Crippen LogP contribution in [0.4, 0.5) is 0 Å². The third-order valence-electron chi connectivity index (χ3n) is 3.26. The molecule has 0 fully saturated rings. The van der Waals surface area contributed by atoms with E-state index < -0.39 is 0 Å². The van der Waals surface area contributed by atoms with Crippen LogP contribution in [0.3, 0.4) is 0 Å². The van der Waals surface area contributed by atoms with Crippen LogP contribution in [-0.2, 0) is 6.42 Å². The van der Waals surface area contributed by atoms with Crippen molar-refractivity contribution in [1.82, 2.24) is 10.2 Å². The predicted octanol–water partition coefficient (Wildman–Crippen LogP) is 4.42. The molecule has 0 atom stereocenters. The number of nitrogens with zero attached hydrogens (tertiary/aromatic N) is 2. The molecular weight excluding hydrogens is 296 g/mol. The van der Waals surface area contributed by atoms with Gasteiger partial charge in [0.2, 0.25) is 5.88 Å². The summed E-state index contributed by atoms with van der Waals surface area (Å²) in [5.41, 5.74) is 3.06. The first-order valence-corrected chi connectivity index (χ1v) is 7.45. The summed E-state index contributed by atoms with van der Waals surface area (Å²) in [4.78, 5) is 0. The molecule has 1 aromatic heterocycles. The molecule has 0 saturated heterocycles. The Labute approximate surface area is 134 Å². The quantitative estimate of drug-likeness (QED) is 0.700. The Balaban J connectivity index is 1.56. The fourth-order valence-electron chi connectivity index (χ4n) is 2.08. The Morgan fingerprint density at radius 3 is 2.27 bits per heavy atom. The third-order valence-corrected chi connectivity index (χ3v) is 3.52. The second-order valence-corrected chi connectivity index (χ2v) is 5.28. The first kappa shape index (κ1) is 14.5. The second kappa shape index (κ2) is 7.05. The highest BCUT2D eigenvalue weighted by molar-refractivity contribution is 6.30. The minimum absolute atomic E-state index is 0.536. The predicted molar refractivity (Wildman–Crippen MR) is 88.1 cm³/mol. The molecule has 0 bridgehead atoms. The van der Waals surface area contributed by atoms with Crippen LogP contribution in [0.25, 0.3) is 11.3 Å². The molecule has 0 saturated carbocycles. The van der Waals surface area contributed by atoms with Crippen molar-refractivity contribution < 1.29 is 4.74 Å². The summed E-state index contributed by atoms with van der Waals surface area (Å²) in [7, 11) is 0. The Morgan fingerprint density at radius 1 is 0.818 bits per heavy atom. The van der Waals surface area contributed by atoms with E-state index in [-0.39, 0.29) is 0 Å². The lowest BCUT2D eigenvalue weighted by atomic mass is 10.1. The van der Waals surface area contributed by atoms with E-state index in [2.05, 4.69) is 10.2 Å². The van der Waals surface area contributed by atoms with Crippen LogP contribution in [0.1, 0.15) is 5.56 Å². The fourth-order valence-corrected chi connectivity index (χ4v) is 2.21. The molecule has 3 nitrogen and oxygen atoms in total.